The Kier molecular flexibility index (Phi) is 7.24. The normalized spacial score (nSPS) is 21.9. The lowest BCUT2D eigenvalue weighted by Crippen LogP contribution is -2.59. The quantitative estimate of drug-likeness (QED) is 0.487. The second kappa shape index (κ2) is 10.4. The number of imidazole rings is 1. The van der Waals surface area contributed by atoms with Gasteiger partial charge in [-0.05, 0) is 68.6 Å². The van der Waals surface area contributed by atoms with Crippen molar-refractivity contribution in [2.45, 2.75) is 57.7 Å². The van der Waals surface area contributed by atoms with Crippen molar-refractivity contribution in [3.05, 3.63) is 58.3 Å². The number of hydrogen-bond donors (Lipinski definition) is 1. The number of hydrogen-bond acceptors (Lipinski definition) is 4. The van der Waals surface area contributed by atoms with Gasteiger partial charge in [0.1, 0.15) is 0 Å². The number of amides is 1. The molecule has 6 nitrogen and oxygen atoms in total. The van der Waals surface area contributed by atoms with Crippen molar-refractivity contribution in [3.8, 4) is 0 Å². The fraction of sp³-hybridized carbons (Fsp3) is 0.481. The molecule has 186 valence electrons. The molecule has 2 aliphatic heterocycles. The van der Waals surface area contributed by atoms with Crippen LogP contribution in [0.15, 0.2) is 42.7 Å². The van der Waals surface area contributed by atoms with Crippen LogP contribution in [0.3, 0.4) is 0 Å². The Labute approximate surface area is 217 Å². The largest absolute Gasteiger partial charge is 0.368 e. The van der Waals surface area contributed by atoms with Crippen molar-refractivity contribution < 1.29 is 4.79 Å². The van der Waals surface area contributed by atoms with Crippen LogP contribution in [0.1, 0.15) is 51.1 Å². The molecule has 2 saturated heterocycles. The minimum absolute atomic E-state index is 0.0147. The van der Waals surface area contributed by atoms with Crippen molar-refractivity contribution in [2.24, 2.45) is 0 Å². The molecule has 3 atom stereocenters. The van der Waals surface area contributed by atoms with Gasteiger partial charge in [-0.1, -0.05) is 42.6 Å². The Bertz CT molecular complexity index is 1210. The summed E-state index contributed by atoms with van der Waals surface area (Å²) in [5.41, 5.74) is 4.19. The highest BCUT2D eigenvalue weighted by atomic mass is 35.5. The van der Waals surface area contributed by atoms with Gasteiger partial charge < -0.3 is 19.7 Å². The number of piperazine rings is 1. The summed E-state index contributed by atoms with van der Waals surface area (Å²) in [5, 5.41) is 4.71. The predicted octanol–water partition coefficient (Wildman–Crippen LogP) is 5.52. The van der Waals surface area contributed by atoms with E-state index < -0.39 is 0 Å². The van der Waals surface area contributed by atoms with Crippen molar-refractivity contribution in [1.82, 2.24) is 19.8 Å². The van der Waals surface area contributed by atoms with E-state index >= 15 is 0 Å². The lowest BCUT2D eigenvalue weighted by molar-refractivity contribution is -0.136. The molecule has 1 amide bonds. The zero-order valence-corrected chi connectivity index (χ0v) is 21.9. The van der Waals surface area contributed by atoms with Gasteiger partial charge in [0.15, 0.2) is 0 Å². The molecule has 2 aliphatic rings. The van der Waals surface area contributed by atoms with E-state index in [1.54, 1.807) is 6.07 Å². The number of rotatable bonds is 5. The maximum absolute atomic E-state index is 13.2. The number of nitrogens with one attached hydrogen (secondary N) is 1. The fourth-order valence-electron chi connectivity index (χ4n) is 5.50. The molecular weight excluding hydrogens is 481 g/mol. The van der Waals surface area contributed by atoms with Crippen LogP contribution in [-0.4, -0.2) is 58.6 Å². The van der Waals surface area contributed by atoms with Gasteiger partial charge in [0, 0.05) is 41.4 Å². The minimum Gasteiger partial charge on any atom is -0.368 e. The van der Waals surface area contributed by atoms with Crippen LogP contribution >= 0.6 is 23.2 Å². The Morgan fingerprint density at radius 1 is 1.17 bits per heavy atom. The lowest BCUT2D eigenvalue weighted by atomic mass is 10.0. The summed E-state index contributed by atoms with van der Waals surface area (Å²) in [4.78, 5) is 22.4. The zero-order chi connectivity index (χ0) is 24.5. The monoisotopic (exact) mass is 513 g/mol. The molecule has 2 fully saturated rings. The number of benzene rings is 2. The minimum atomic E-state index is -0.0174. The van der Waals surface area contributed by atoms with E-state index in [9.17, 15) is 4.79 Å². The lowest BCUT2D eigenvalue weighted by Gasteiger charge is -2.44. The average molecular weight is 515 g/mol. The highest BCUT2D eigenvalue weighted by Gasteiger charge is 2.34. The van der Waals surface area contributed by atoms with E-state index in [0.717, 1.165) is 74.1 Å². The molecular formula is C27H33Cl2N5O. The van der Waals surface area contributed by atoms with Crippen LogP contribution in [0, 0.1) is 0 Å². The van der Waals surface area contributed by atoms with Gasteiger partial charge >= 0.3 is 0 Å². The first-order valence-corrected chi connectivity index (χ1v) is 13.4. The molecule has 2 aromatic carbocycles. The highest BCUT2D eigenvalue weighted by molar-refractivity contribution is 6.35. The van der Waals surface area contributed by atoms with Crippen molar-refractivity contribution in [2.75, 3.05) is 31.1 Å². The second-order valence-electron chi connectivity index (χ2n) is 9.71. The maximum Gasteiger partial charge on any atom is 0.240 e. The second-order valence-corrected chi connectivity index (χ2v) is 10.6. The van der Waals surface area contributed by atoms with Crippen LogP contribution in [0.5, 0.6) is 0 Å². The van der Waals surface area contributed by atoms with E-state index in [4.69, 9.17) is 23.2 Å². The summed E-state index contributed by atoms with van der Waals surface area (Å²) in [6.07, 6.45) is 6.07. The van der Waals surface area contributed by atoms with Gasteiger partial charge in [-0.15, -0.1) is 0 Å². The summed E-state index contributed by atoms with van der Waals surface area (Å²) in [6.45, 7) is 7.67. The standard InChI is InChI=1S/C27H33Cl2N5O/c1-3-20-16-32(12-13-33(20)27(35)25-6-4-5-11-30-25)21-8-10-24-26(15-21)34(17-31-24)18(2)22-9-7-19(28)14-23(22)29/h7-10,14-15,17-18,20,25,30H,3-6,11-13,16H2,1-2H3/t18?,20?,25-/m1/s1. The van der Waals surface area contributed by atoms with Gasteiger partial charge in [-0.2, -0.15) is 0 Å². The van der Waals surface area contributed by atoms with Gasteiger partial charge in [0.25, 0.3) is 0 Å². The number of nitrogens with zero attached hydrogens (tertiary/aromatic N) is 4. The summed E-state index contributed by atoms with van der Waals surface area (Å²) in [5.74, 6) is 0.276. The molecule has 2 unspecified atom stereocenters. The third-order valence-corrected chi connectivity index (χ3v) is 8.16. The first-order valence-electron chi connectivity index (χ1n) is 12.7. The zero-order valence-electron chi connectivity index (χ0n) is 20.4. The smallest absolute Gasteiger partial charge is 0.240 e. The Hall–Kier alpha value is -2.28. The Balaban J connectivity index is 1.37. The van der Waals surface area contributed by atoms with Crippen LogP contribution in [0.25, 0.3) is 11.0 Å². The van der Waals surface area contributed by atoms with E-state index in [-0.39, 0.29) is 24.0 Å². The number of fused-ring (bicyclic) bond motifs is 1. The highest BCUT2D eigenvalue weighted by Crippen LogP contribution is 2.32. The molecule has 1 aromatic heterocycles. The Morgan fingerprint density at radius 3 is 2.77 bits per heavy atom. The summed E-state index contributed by atoms with van der Waals surface area (Å²) < 4.78 is 2.17. The van der Waals surface area contributed by atoms with E-state index in [2.05, 4.69) is 56.7 Å². The van der Waals surface area contributed by atoms with E-state index in [1.807, 2.05) is 18.5 Å². The first-order chi connectivity index (χ1) is 17.0. The van der Waals surface area contributed by atoms with Crippen molar-refractivity contribution in [3.63, 3.8) is 0 Å². The molecule has 0 spiro atoms. The third kappa shape index (κ3) is 4.89. The van der Waals surface area contributed by atoms with Crippen LogP contribution in [0.2, 0.25) is 10.0 Å². The predicted molar refractivity (Wildman–Crippen MR) is 144 cm³/mol. The number of piperidine rings is 1. The number of carbonyl (C=O) groups is 1. The molecule has 0 radical (unpaired) electrons. The molecule has 3 heterocycles. The average Bonchev–Trinajstić information content (AvgIpc) is 3.31. The molecule has 8 heteroatoms. The maximum atomic E-state index is 13.2. The molecule has 0 aliphatic carbocycles. The number of anilines is 1. The van der Waals surface area contributed by atoms with Gasteiger partial charge in [0.05, 0.1) is 29.4 Å². The fourth-order valence-corrected chi connectivity index (χ4v) is 6.07. The SMILES string of the molecule is CCC1CN(c2ccc3ncn(C(C)c4ccc(Cl)cc4Cl)c3c2)CCN1C(=O)[C@H]1CCCCN1. The van der Waals surface area contributed by atoms with Crippen molar-refractivity contribution in [1.29, 1.82) is 0 Å². The molecule has 5 rings (SSSR count). The van der Waals surface area contributed by atoms with Crippen LogP contribution in [-0.2, 0) is 4.79 Å². The molecule has 35 heavy (non-hydrogen) atoms. The number of halogens is 2. The number of carbonyl (C=O) groups excluding carboxylic acids is 1. The summed E-state index contributed by atoms with van der Waals surface area (Å²) >= 11 is 12.6. The summed E-state index contributed by atoms with van der Waals surface area (Å²) in [6, 6.07) is 12.3. The topological polar surface area (TPSA) is 53.4 Å². The third-order valence-electron chi connectivity index (χ3n) is 7.60. The first kappa shape index (κ1) is 24.4. The molecule has 3 aromatic rings. The van der Waals surface area contributed by atoms with Gasteiger partial charge in [-0.3, -0.25) is 4.79 Å². The van der Waals surface area contributed by atoms with Gasteiger partial charge in [-0.25, -0.2) is 4.98 Å². The molecule has 1 N–H and O–H groups in total. The van der Waals surface area contributed by atoms with E-state index in [0.29, 0.717) is 10.0 Å². The molecule has 0 bridgehead atoms. The summed E-state index contributed by atoms with van der Waals surface area (Å²) in [7, 11) is 0. The van der Waals surface area contributed by atoms with Gasteiger partial charge in [0.2, 0.25) is 5.91 Å². The molecule has 0 saturated carbocycles. The van der Waals surface area contributed by atoms with Crippen LogP contribution in [0.4, 0.5) is 5.69 Å². The van der Waals surface area contributed by atoms with E-state index in [1.165, 1.54) is 0 Å². The number of aromatic nitrogens is 2. The van der Waals surface area contributed by atoms with Crippen LogP contribution < -0.4 is 10.2 Å². The van der Waals surface area contributed by atoms with Crippen molar-refractivity contribution >= 4 is 45.8 Å². The Morgan fingerprint density at radius 2 is 2.03 bits per heavy atom.